The van der Waals surface area contributed by atoms with E-state index in [4.69, 9.17) is 10.5 Å². The van der Waals surface area contributed by atoms with Crippen molar-refractivity contribution in [2.24, 2.45) is 5.73 Å². The predicted octanol–water partition coefficient (Wildman–Crippen LogP) is 1.61. The van der Waals surface area contributed by atoms with Gasteiger partial charge in [0.1, 0.15) is 5.75 Å². The first-order valence-corrected chi connectivity index (χ1v) is 6.00. The number of amides is 1. The Kier molecular flexibility index (Phi) is 2.33. The molecular formula is C13H16N2O2. The number of fused-ring (bicyclic) bond motifs is 1. The first kappa shape index (κ1) is 10.6. The van der Waals surface area contributed by atoms with Crippen molar-refractivity contribution in [2.75, 3.05) is 5.32 Å². The number of ether oxygens (including phenoxy) is 1. The quantitative estimate of drug-likeness (QED) is 0.773. The molecular weight excluding hydrogens is 216 g/mol. The third kappa shape index (κ3) is 1.78. The Bertz CT molecular complexity index is 466. The van der Waals surface area contributed by atoms with Crippen LogP contribution in [0.4, 0.5) is 5.69 Å². The predicted molar refractivity (Wildman–Crippen MR) is 65.1 cm³/mol. The molecule has 0 radical (unpaired) electrons. The first-order chi connectivity index (χ1) is 8.13. The van der Waals surface area contributed by atoms with Gasteiger partial charge in [0.25, 0.3) is 5.91 Å². The molecule has 17 heavy (non-hydrogen) atoms. The molecule has 1 aliphatic heterocycles. The minimum atomic E-state index is -0.412. The summed E-state index contributed by atoms with van der Waals surface area (Å²) < 4.78 is 5.51. The van der Waals surface area contributed by atoms with Gasteiger partial charge in [-0.05, 0) is 43.4 Å². The van der Waals surface area contributed by atoms with Crippen molar-refractivity contribution in [3.05, 3.63) is 23.8 Å². The highest BCUT2D eigenvalue weighted by molar-refractivity contribution is 5.97. The largest absolute Gasteiger partial charge is 0.479 e. The molecule has 3 N–H and O–H groups in total. The lowest BCUT2D eigenvalue weighted by Crippen LogP contribution is -2.36. The summed E-state index contributed by atoms with van der Waals surface area (Å²) in [6.07, 6.45) is 1.65. The summed E-state index contributed by atoms with van der Waals surface area (Å²) in [6, 6.07) is 6.35. The molecule has 1 heterocycles. The molecule has 2 aliphatic rings. The van der Waals surface area contributed by atoms with Crippen LogP contribution in [0.25, 0.3) is 0 Å². The van der Waals surface area contributed by atoms with Crippen molar-refractivity contribution in [1.82, 2.24) is 0 Å². The van der Waals surface area contributed by atoms with Gasteiger partial charge in [-0.25, -0.2) is 0 Å². The van der Waals surface area contributed by atoms with Gasteiger partial charge < -0.3 is 15.8 Å². The monoisotopic (exact) mass is 232 g/mol. The average Bonchev–Trinajstić information content (AvgIpc) is 2.26. The van der Waals surface area contributed by atoms with E-state index in [1.165, 1.54) is 5.56 Å². The summed E-state index contributed by atoms with van der Waals surface area (Å²) in [5.74, 6) is 1.20. The Balaban J connectivity index is 1.86. The lowest BCUT2D eigenvalue weighted by atomic mass is 9.76. The zero-order valence-corrected chi connectivity index (χ0v) is 9.77. The summed E-state index contributed by atoms with van der Waals surface area (Å²) in [4.78, 5) is 11.5. The topological polar surface area (TPSA) is 64.3 Å². The normalized spacial score (nSPS) is 30.9. The van der Waals surface area contributed by atoms with Gasteiger partial charge in [-0.2, -0.15) is 0 Å². The summed E-state index contributed by atoms with van der Waals surface area (Å²) in [5.41, 5.74) is 7.81. The Hall–Kier alpha value is -1.55. The second kappa shape index (κ2) is 3.74. The molecule has 1 aromatic carbocycles. The molecule has 1 saturated carbocycles. The highest BCUT2D eigenvalue weighted by Gasteiger charge is 2.29. The van der Waals surface area contributed by atoms with Crippen molar-refractivity contribution >= 4 is 11.6 Å². The van der Waals surface area contributed by atoms with E-state index in [9.17, 15) is 4.79 Å². The highest BCUT2D eigenvalue weighted by atomic mass is 16.5. The third-order valence-electron chi connectivity index (χ3n) is 3.58. The summed E-state index contributed by atoms with van der Waals surface area (Å²) in [7, 11) is 0. The fraction of sp³-hybridized carbons (Fsp3) is 0.462. The molecule has 1 amide bonds. The van der Waals surface area contributed by atoms with Gasteiger partial charge in [-0.1, -0.05) is 6.07 Å². The van der Waals surface area contributed by atoms with Crippen LogP contribution in [0.3, 0.4) is 0 Å². The van der Waals surface area contributed by atoms with E-state index in [0.717, 1.165) is 24.3 Å². The zero-order valence-electron chi connectivity index (χ0n) is 9.77. The van der Waals surface area contributed by atoms with Gasteiger partial charge in [0.2, 0.25) is 0 Å². The van der Waals surface area contributed by atoms with Crippen LogP contribution in [0.1, 0.15) is 31.2 Å². The van der Waals surface area contributed by atoms with Crippen molar-refractivity contribution in [3.63, 3.8) is 0 Å². The van der Waals surface area contributed by atoms with E-state index in [2.05, 4.69) is 11.4 Å². The van der Waals surface area contributed by atoms with Gasteiger partial charge in [0, 0.05) is 6.04 Å². The van der Waals surface area contributed by atoms with Crippen LogP contribution < -0.4 is 15.8 Å². The smallest absolute Gasteiger partial charge is 0.265 e. The van der Waals surface area contributed by atoms with Crippen LogP contribution >= 0.6 is 0 Å². The molecule has 1 fully saturated rings. The molecule has 0 aromatic heterocycles. The van der Waals surface area contributed by atoms with Crippen LogP contribution in [0.15, 0.2) is 18.2 Å². The second-order valence-electron chi connectivity index (χ2n) is 4.93. The Morgan fingerprint density at radius 2 is 2.18 bits per heavy atom. The standard InChI is InChI=1S/C13H16N2O2/c1-7-13(16)15-11-6-8(2-3-12(11)17-7)9-4-10(14)5-9/h2-3,6-7,9-10H,4-5,14H2,1H3,(H,15,16). The molecule has 1 aliphatic carbocycles. The van der Waals surface area contributed by atoms with Gasteiger partial charge in [-0.3, -0.25) is 4.79 Å². The SMILES string of the molecule is CC1Oc2ccc(C3CC(N)C3)cc2NC1=O. The average molecular weight is 232 g/mol. The number of nitrogens with two attached hydrogens (primary N) is 1. The lowest BCUT2D eigenvalue weighted by Gasteiger charge is -2.33. The van der Waals surface area contributed by atoms with E-state index < -0.39 is 6.10 Å². The minimum absolute atomic E-state index is 0.0834. The molecule has 1 atom stereocenters. The van der Waals surface area contributed by atoms with E-state index in [1.54, 1.807) is 6.92 Å². The molecule has 0 saturated heterocycles. The Morgan fingerprint density at radius 3 is 2.88 bits per heavy atom. The number of hydrogen-bond donors (Lipinski definition) is 2. The molecule has 1 unspecified atom stereocenters. The number of rotatable bonds is 1. The van der Waals surface area contributed by atoms with Crippen molar-refractivity contribution in [1.29, 1.82) is 0 Å². The minimum Gasteiger partial charge on any atom is -0.479 e. The van der Waals surface area contributed by atoms with Crippen LogP contribution in [0.5, 0.6) is 5.75 Å². The van der Waals surface area contributed by atoms with Crippen molar-refractivity contribution in [2.45, 2.75) is 37.8 Å². The Labute approximate surface area is 100 Å². The molecule has 3 rings (SSSR count). The number of benzene rings is 1. The number of nitrogens with one attached hydrogen (secondary N) is 1. The van der Waals surface area contributed by atoms with Gasteiger partial charge in [0.15, 0.2) is 6.10 Å². The highest BCUT2D eigenvalue weighted by Crippen LogP contribution is 2.39. The number of hydrogen-bond acceptors (Lipinski definition) is 3. The van der Waals surface area contributed by atoms with Crippen molar-refractivity contribution < 1.29 is 9.53 Å². The number of anilines is 1. The molecule has 1 aromatic rings. The third-order valence-corrected chi connectivity index (χ3v) is 3.58. The van der Waals surface area contributed by atoms with Gasteiger partial charge in [-0.15, -0.1) is 0 Å². The van der Waals surface area contributed by atoms with E-state index >= 15 is 0 Å². The van der Waals surface area contributed by atoms with Crippen LogP contribution in [0, 0.1) is 0 Å². The fourth-order valence-corrected chi connectivity index (χ4v) is 2.41. The van der Waals surface area contributed by atoms with E-state index in [1.807, 2.05) is 12.1 Å². The van der Waals surface area contributed by atoms with Crippen LogP contribution in [-0.4, -0.2) is 18.1 Å². The molecule has 90 valence electrons. The van der Waals surface area contributed by atoms with Crippen LogP contribution in [-0.2, 0) is 4.79 Å². The maximum Gasteiger partial charge on any atom is 0.265 e. The van der Waals surface area contributed by atoms with Crippen molar-refractivity contribution in [3.8, 4) is 5.75 Å². The first-order valence-electron chi connectivity index (χ1n) is 6.00. The summed E-state index contributed by atoms with van der Waals surface area (Å²) in [5, 5.41) is 2.87. The molecule has 0 spiro atoms. The van der Waals surface area contributed by atoms with Gasteiger partial charge in [0.05, 0.1) is 5.69 Å². The van der Waals surface area contributed by atoms with E-state index in [-0.39, 0.29) is 5.91 Å². The second-order valence-corrected chi connectivity index (χ2v) is 4.93. The fourth-order valence-electron chi connectivity index (χ4n) is 2.41. The molecule has 0 bridgehead atoms. The molecule has 4 nitrogen and oxygen atoms in total. The number of carbonyl (C=O) groups is 1. The maximum absolute atomic E-state index is 11.5. The zero-order chi connectivity index (χ0) is 12.0. The lowest BCUT2D eigenvalue weighted by molar-refractivity contribution is -0.122. The maximum atomic E-state index is 11.5. The molecule has 4 heteroatoms. The summed E-state index contributed by atoms with van der Waals surface area (Å²) >= 11 is 0. The van der Waals surface area contributed by atoms with Gasteiger partial charge >= 0.3 is 0 Å². The number of carbonyl (C=O) groups excluding carboxylic acids is 1. The van der Waals surface area contributed by atoms with Crippen LogP contribution in [0.2, 0.25) is 0 Å². The summed E-state index contributed by atoms with van der Waals surface area (Å²) in [6.45, 7) is 1.75. The van der Waals surface area contributed by atoms with E-state index in [0.29, 0.717) is 12.0 Å². The Morgan fingerprint density at radius 1 is 1.41 bits per heavy atom.